The molecule has 0 bridgehead atoms. The monoisotopic (exact) mass is 910 g/mol. The number of amides is 4. The van der Waals surface area contributed by atoms with Gasteiger partial charge in [-0.15, -0.1) is 0 Å². The van der Waals surface area contributed by atoms with Crippen LogP contribution in [0.2, 0.25) is 25.7 Å². The molecule has 0 aliphatic rings. The maximum Gasteiger partial charge on any atom is 0.458 e. The first-order valence-electron chi connectivity index (χ1n) is 18.3. The minimum atomic E-state index is -5.75. The summed E-state index contributed by atoms with van der Waals surface area (Å²) in [5, 5.41) is 7.20. The van der Waals surface area contributed by atoms with Crippen LogP contribution in [0.5, 0.6) is 0 Å². The van der Waals surface area contributed by atoms with E-state index in [-0.39, 0.29) is 29.4 Å². The molecule has 2 unspecified atom stereocenters. The van der Waals surface area contributed by atoms with Gasteiger partial charge in [-0.2, -0.15) is 49.0 Å². The van der Waals surface area contributed by atoms with E-state index in [1.807, 2.05) is 0 Å². The van der Waals surface area contributed by atoms with Crippen LogP contribution in [-0.2, 0) is 42.5 Å². The van der Waals surface area contributed by atoms with Crippen LogP contribution in [0.4, 0.5) is 55.4 Å². The minimum absolute atomic E-state index is 0.0779. The number of carbonyl (C=O) groups excluding carboxylic acids is 4. The SMILES string of the molecule is CC(c1ccc(C(F)(F)C(F)(F)F)cc1)N(C)C(=O)C(=O)Nc1cnc(N)c2cnn(COCC[Si](C)(C)C)c12.CC(c1ccc(C(F)(F)C(F)(F)F)cc1)N(C)C(=O)C(N)=O. The molecule has 0 radical (unpaired) electrons. The number of likely N-dealkylation sites (N-methyl/N-ethyl adjacent to an activating group) is 2. The number of benzene rings is 2. The number of aromatic nitrogens is 3. The number of ether oxygens (including phenoxy) is 1. The number of nitrogens with one attached hydrogen (secondary N) is 1. The van der Waals surface area contributed by atoms with Crippen molar-refractivity contribution in [3.05, 3.63) is 83.2 Å². The topological polar surface area (TPSA) is 179 Å². The van der Waals surface area contributed by atoms with E-state index in [1.165, 1.54) is 45.0 Å². The van der Waals surface area contributed by atoms with Crippen molar-refractivity contribution in [3.63, 3.8) is 0 Å². The Kier molecular flexibility index (Phi) is 15.6. The first-order valence-corrected chi connectivity index (χ1v) is 22.0. The summed E-state index contributed by atoms with van der Waals surface area (Å²) in [5.74, 6) is -14.1. The zero-order chi connectivity index (χ0) is 47.3. The van der Waals surface area contributed by atoms with Crippen molar-refractivity contribution < 1.29 is 67.8 Å². The van der Waals surface area contributed by atoms with Gasteiger partial charge in [0.2, 0.25) is 0 Å². The maximum absolute atomic E-state index is 13.6. The number of pyridine rings is 1. The van der Waals surface area contributed by atoms with E-state index in [9.17, 15) is 63.1 Å². The van der Waals surface area contributed by atoms with Gasteiger partial charge in [-0.05, 0) is 31.0 Å². The minimum Gasteiger partial charge on any atom is -0.383 e. The molecule has 0 saturated carbocycles. The predicted octanol–water partition coefficient (Wildman–Crippen LogP) is 7.48. The summed E-state index contributed by atoms with van der Waals surface area (Å²) in [6.07, 6.45) is -8.69. The number of primary amides is 1. The largest absolute Gasteiger partial charge is 0.458 e. The highest BCUT2D eigenvalue weighted by Gasteiger charge is 2.59. The highest BCUT2D eigenvalue weighted by molar-refractivity contribution is 6.76. The van der Waals surface area contributed by atoms with Gasteiger partial charge in [0.25, 0.3) is 0 Å². The number of nitrogen functional groups attached to an aromatic ring is 1. The quantitative estimate of drug-likeness (QED) is 0.0567. The number of rotatable bonds is 12. The third kappa shape index (κ3) is 11.8. The number of hydrogen-bond donors (Lipinski definition) is 3. The lowest BCUT2D eigenvalue weighted by atomic mass is 10.0. The van der Waals surface area contributed by atoms with E-state index < -0.39 is 79.1 Å². The summed E-state index contributed by atoms with van der Waals surface area (Å²) in [4.78, 5) is 54.0. The molecule has 2 aromatic heterocycles. The van der Waals surface area contributed by atoms with E-state index in [1.54, 1.807) is 0 Å². The van der Waals surface area contributed by atoms with Gasteiger partial charge in [0.1, 0.15) is 12.5 Å². The van der Waals surface area contributed by atoms with Crippen LogP contribution in [0.25, 0.3) is 10.9 Å². The second kappa shape index (κ2) is 19.1. The zero-order valence-electron chi connectivity index (χ0n) is 34.3. The number of anilines is 2. The molecule has 0 spiro atoms. The number of fused-ring (bicyclic) bond motifs is 1. The van der Waals surface area contributed by atoms with Crippen molar-refractivity contribution in [2.75, 3.05) is 31.8 Å². The highest BCUT2D eigenvalue weighted by Crippen LogP contribution is 2.45. The molecule has 0 saturated heterocycles. The first-order chi connectivity index (χ1) is 28.3. The standard InChI is InChI=1S/C25H31F5N6O3Si.C13H13F5N2O2/c1-15(16-6-8-17(9-7-16)24(26,27)25(28,29)30)35(2)23(38)22(37)34-19-13-32-21(31)18-12-33-36(20(18)19)14-39-10-11-40(3,4)5;1-7(20(2)11(22)10(19)21)8-3-5-9(6-4-8)12(14,15)13(16,17)18/h6-9,12-13,15H,10-11,14H2,1-5H3,(H2,31,32)(H,34,37);3-7H,1-2H3,(H2,19,21). The van der Waals surface area contributed by atoms with Crippen LogP contribution < -0.4 is 16.8 Å². The van der Waals surface area contributed by atoms with Gasteiger partial charge in [0, 0.05) is 39.9 Å². The van der Waals surface area contributed by atoms with Crippen molar-refractivity contribution in [2.45, 2.75) is 82.5 Å². The van der Waals surface area contributed by atoms with Crippen LogP contribution in [0.3, 0.4) is 0 Å². The molecule has 4 aromatic rings. The van der Waals surface area contributed by atoms with E-state index in [2.05, 4.69) is 35.0 Å². The average Bonchev–Trinajstić information content (AvgIpc) is 3.63. The molecule has 0 aliphatic carbocycles. The molecule has 340 valence electrons. The molecule has 5 N–H and O–H groups in total. The van der Waals surface area contributed by atoms with Crippen LogP contribution in [0.15, 0.2) is 60.9 Å². The van der Waals surface area contributed by atoms with Gasteiger partial charge >= 0.3 is 47.8 Å². The molecule has 4 amide bonds. The van der Waals surface area contributed by atoms with Crippen molar-refractivity contribution in [3.8, 4) is 0 Å². The summed E-state index contributed by atoms with van der Waals surface area (Å²) < 4.78 is 135. The summed E-state index contributed by atoms with van der Waals surface area (Å²) in [7, 11) is 1.25. The molecule has 62 heavy (non-hydrogen) atoms. The zero-order valence-corrected chi connectivity index (χ0v) is 35.3. The molecular formula is C38H44F10N8O5Si. The van der Waals surface area contributed by atoms with Gasteiger partial charge in [0.05, 0.1) is 41.1 Å². The second-order valence-corrected chi connectivity index (χ2v) is 20.8. The highest BCUT2D eigenvalue weighted by atomic mass is 28.3. The average molecular weight is 911 g/mol. The summed E-state index contributed by atoms with van der Waals surface area (Å²) in [6.45, 7) is 10.2. The maximum atomic E-state index is 13.6. The van der Waals surface area contributed by atoms with Gasteiger partial charge < -0.3 is 31.3 Å². The Morgan fingerprint density at radius 1 is 0.758 bits per heavy atom. The van der Waals surface area contributed by atoms with Crippen LogP contribution in [-0.4, -0.2) is 89.3 Å². The number of halogens is 10. The van der Waals surface area contributed by atoms with E-state index >= 15 is 0 Å². The fourth-order valence-electron chi connectivity index (χ4n) is 5.42. The number of nitrogens with zero attached hydrogens (tertiary/aromatic N) is 5. The third-order valence-electron chi connectivity index (χ3n) is 9.59. The van der Waals surface area contributed by atoms with Crippen molar-refractivity contribution in [2.24, 2.45) is 5.73 Å². The van der Waals surface area contributed by atoms with Crippen LogP contribution in [0, 0.1) is 0 Å². The lowest BCUT2D eigenvalue weighted by molar-refractivity contribution is -0.289. The Bertz CT molecular complexity index is 2230. The van der Waals surface area contributed by atoms with Crippen molar-refractivity contribution in [1.82, 2.24) is 24.6 Å². The number of hydrogen-bond acceptors (Lipinski definition) is 8. The molecule has 0 aliphatic heterocycles. The van der Waals surface area contributed by atoms with E-state index in [0.717, 1.165) is 40.1 Å². The Morgan fingerprint density at radius 2 is 1.19 bits per heavy atom. The summed E-state index contributed by atoms with van der Waals surface area (Å²) in [5.41, 5.74) is 9.43. The van der Waals surface area contributed by atoms with Crippen LogP contribution >= 0.6 is 0 Å². The Balaban J connectivity index is 0.000000393. The second-order valence-electron chi connectivity index (χ2n) is 15.2. The molecule has 13 nitrogen and oxygen atoms in total. The molecule has 2 aromatic carbocycles. The Hall–Kier alpha value is -5.78. The van der Waals surface area contributed by atoms with Crippen molar-refractivity contribution in [1.29, 1.82) is 0 Å². The van der Waals surface area contributed by atoms with Gasteiger partial charge in [-0.3, -0.25) is 19.2 Å². The smallest absolute Gasteiger partial charge is 0.383 e. The number of alkyl halides is 10. The van der Waals surface area contributed by atoms with Crippen molar-refractivity contribution >= 4 is 54.1 Å². The Morgan fingerprint density at radius 3 is 1.60 bits per heavy atom. The van der Waals surface area contributed by atoms with Gasteiger partial charge in [0.15, 0.2) is 0 Å². The number of nitrogens with two attached hydrogens (primary N) is 2. The predicted molar refractivity (Wildman–Crippen MR) is 209 cm³/mol. The first kappa shape index (κ1) is 50.6. The molecular weight excluding hydrogens is 867 g/mol. The molecule has 24 heteroatoms. The molecule has 0 fully saturated rings. The summed E-state index contributed by atoms with van der Waals surface area (Å²) >= 11 is 0. The van der Waals surface area contributed by atoms with E-state index in [4.69, 9.17) is 16.2 Å². The van der Waals surface area contributed by atoms with Gasteiger partial charge in [-0.25, -0.2) is 9.67 Å². The Labute approximate surface area is 349 Å². The fraction of sp³-hybridized carbons (Fsp3) is 0.421. The van der Waals surface area contributed by atoms with Crippen LogP contribution in [0.1, 0.15) is 48.2 Å². The molecule has 2 atom stereocenters. The fourth-order valence-corrected chi connectivity index (χ4v) is 6.18. The van der Waals surface area contributed by atoms with E-state index in [0.29, 0.717) is 41.8 Å². The molecule has 4 rings (SSSR count). The molecule has 2 heterocycles. The lowest BCUT2D eigenvalue weighted by Crippen LogP contribution is -2.39. The van der Waals surface area contributed by atoms with Gasteiger partial charge in [-0.1, -0.05) is 68.2 Å². The lowest BCUT2D eigenvalue weighted by Gasteiger charge is -2.26. The number of carbonyl (C=O) groups is 4. The summed E-state index contributed by atoms with van der Waals surface area (Å²) in [6, 6.07) is 6.08. The normalized spacial score (nSPS) is 13.4. The third-order valence-corrected chi connectivity index (χ3v) is 11.3.